The van der Waals surface area contributed by atoms with E-state index in [1.54, 1.807) is 18.2 Å². The SMILES string of the molecule is O=C(N/C(=C\c1ccc(Cl)c(Cl)c1)C(=O)O)OCc1ccccc1. The molecule has 2 N–H and O–H groups in total. The number of rotatable bonds is 5. The van der Waals surface area contributed by atoms with E-state index in [0.29, 0.717) is 10.6 Å². The van der Waals surface area contributed by atoms with Gasteiger partial charge >= 0.3 is 12.1 Å². The molecule has 0 atom stereocenters. The van der Waals surface area contributed by atoms with Crippen LogP contribution in [0.5, 0.6) is 0 Å². The maximum absolute atomic E-state index is 11.8. The van der Waals surface area contributed by atoms with Crippen LogP contribution in [0.3, 0.4) is 0 Å². The molecule has 0 bridgehead atoms. The summed E-state index contributed by atoms with van der Waals surface area (Å²) in [6, 6.07) is 13.6. The highest BCUT2D eigenvalue weighted by Gasteiger charge is 2.13. The van der Waals surface area contributed by atoms with Gasteiger partial charge < -0.3 is 9.84 Å². The number of hydrogen-bond donors (Lipinski definition) is 2. The van der Waals surface area contributed by atoms with Crippen molar-refractivity contribution in [2.75, 3.05) is 0 Å². The van der Waals surface area contributed by atoms with Gasteiger partial charge in [-0.2, -0.15) is 0 Å². The van der Waals surface area contributed by atoms with Gasteiger partial charge in [0.25, 0.3) is 0 Å². The third-order valence-electron chi connectivity index (χ3n) is 2.93. The zero-order valence-corrected chi connectivity index (χ0v) is 13.8. The Balaban J connectivity index is 2.04. The molecule has 0 aliphatic rings. The molecule has 24 heavy (non-hydrogen) atoms. The van der Waals surface area contributed by atoms with E-state index in [2.05, 4.69) is 5.32 Å². The lowest BCUT2D eigenvalue weighted by Crippen LogP contribution is -2.27. The highest BCUT2D eigenvalue weighted by molar-refractivity contribution is 6.42. The molecule has 0 aliphatic heterocycles. The first-order chi connectivity index (χ1) is 11.5. The highest BCUT2D eigenvalue weighted by atomic mass is 35.5. The Morgan fingerprint density at radius 1 is 1.08 bits per heavy atom. The molecule has 7 heteroatoms. The molecule has 0 unspecified atom stereocenters. The Kier molecular flexibility index (Phi) is 6.23. The summed E-state index contributed by atoms with van der Waals surface area (Å²) >= 11 is 11.7. The third-order valence-corrected chi connectivity index (χ3v) is 3.67. The van der Waals surface area contributed by atoms with Crippen molar-refractivity contribution in [2.45, 2.75) is 6.61 Å². The van der Waals surface area contributed by atoms with E-state index in [9.17, 15) is 14.7 Å². The molecule has 0 aromatic heterocycles. The number of nitrogens with one attached hydrogen (secondary N) is 1. The molecule has 0 saturated heterocycles. The van der Waals surface area contributed by atoms with Crippen molar-refractivity contribution >= 4 is 41.3 Å². The number of hydrogen-bond acceptors (Lipinski definition) is 3. The average Bonchev–Trinajstić information content (AvgIpc) is 2.56. The maximum atomic E-state index is 11.8. The van der Waals surface area contributed by atoms with Gasteiger partial charge in [-0.15, -0.1) is 0 Å². The van der Waals surface area contributed by atoms with Crippen molar-refractivity contribution < 1.29 is 19.4 Å². The molecule has 0 heterocycles. The number of alkyl carbamates (subject to hydrolysis) is 1. The number of amides is 1. The Bertz CT molecular complexity index is 775. The number of carbonyl (C=O) groups is 2. The minimum atomic E-state index is -1.31. The predicted octanol–water partition coefficient (Wildman–Crippen LogP) is 4.35. The van der Waals surface area contributed by atoms with Gasteiger partial charge in [-0.3, -0.25) is 5.32 Å². The van der Waals surface area contributed by atoms with Gasteiger partial charge in [-0.1, -0.05) is 59.6 Å². The second-order valence-electron chi connectivity index (χ2n) is 4.72. The summed E-state index contributed by atoms with van der Waals surface area (Å²) in [5, 5.41) is 12.0. The molecule has 1 amide bonds. The van der Waals surface area contributed by atoms with Crippen LogP contribution in [0.4, 0.5) is 4.79 Å². The van der Waals surface area contributed by atoms with Crippen LogP contribution < -0.4 is 5.32 Å². The molecular formula is C17H13Cl2NO4. The van der Waals surface area contributed by atoms with Crippen LogP contribution in [0.15, 0.2) is 54.2 Å². The van der Waals surface area contributed by atoms with E-state index in [4.69, 9.17) is 27.9 Å². The standard InChI is InChI=1S/C17H13Cl2NO4/c18-13-7-6-12(8-14(13)19)9-15(16(21)22)20-17(23)24-10-11-4-2-1-3-5-11/h1-9H,10H2,(H,20,23)(H,21,22)/b15-9-. The summed E-state index contributed by atoms with van der Waals surface area (Å²) < 4.78 is 4.99. The number of carboxylic acid groups (broad SMARTS) is 1. The molecular weight excluding hydrogens is 353 g/mol. The zero-order valence-electron chi connectivity index (χ0n) is 12.3. The van der Waals surface area contributed by atoms with Gasteiger partial charge in [-0.25, -0.2) is 9.59 Å². The number of carbonyl (C=O) groups excluding carboxylic acids is 1. The van der Waals surface area contributed by atoms with Gasteiger partial charge in [0.2, 0.25) is 0 Å². The van der Waals surface area contributed by atoms with Crippen LogP contribution in [0, 0.1) is 0 Å². The Morgan fingerprint density at radius 3 is 2.42 bits per heavy atom. The maximum Gasteiger partial charge on any atom is 0.412 e. The molecule has 0 saturated carbocycles. The summed E-state index contributed by atoms with van der Waals surface area (Å²) in [4.78, 5) is 23.0. The smallest absolute Gasteiger partial charge is 0.412 e. The van der Waals surface area contributed by atoms with E-state index < -0.39 is 12.1 Å². The Morgan fingerprint density at radius 2 is 1.79 bits per heavy atom. The number of benzene rings is 2. The fourth-order valence-electron chi connectivity index (χ4n) is 1.79. The van der Waals surface area contributed by atoms with Gasteiger partial charge in [0.05, 0.1) is 10.0 Å². The van der Waals surface area contributed by atoms with Crippen molar-refractivity contribution in [3.63, 3.8) is 0 Å². The van der Waals surface area contributed by atoms with Crippen LogP contribution in [0.2, 0.25) is 10.0 Å². The average molecular weight is 366 g/mol. The Labute approximate surface area is 148 Å². The molecule has 0 radical (unpaired) electrons. The van der Waals surface area contributed by atoms with Gasteiger partial charge in [0.1, 0.15) is 12.3 Å². The minimum absolute atomic E-state index is 0.0341. The lowest BCUT2D eigenvalue weighted by Gasteiger charge is -2.08. The first-order valence-electron chi connectivity index (χ1n) is 6.83. The summed E-state index contributed by atoms with van der Waals surface area (Å²) in [6.07, 6.45) is 0.390. The van der Waals surface area contributed by atoms with Gasteiger partial charge in [0, 0.05) is 0 Å². The highest BCUT2D eigenvalue weighted by Crippen LogP contribution is 2.23. The molecule has 2 aromatic rings. The van der Waals surface area contributed by atoms with E-state index in [-0.39, 0.29) is 17.3 Å². The molecule has 5 nitrogen and oxygen atoms in total. The lowest BCUT2D eigenvalue weighted by molar-refractivity contribution is -0.132. The quantitative estimate of drug-likeness (QED) is 0.772. The van der Waals surface area contributed by atoms with Crippen LogP contribution in [-0.4, -0.2) is 17.2 Å². The molecule has 0 aliphatic carbocycles. The first-order valence-corrected chi connectivity index (χ1v) is 7.59. The monoisotopic (exact) mass is 365 g/mol. The molecule has 2 rings (SSSR count). The predicted molar refractivity (Wildman–Crippen MR) is 91.8 cm³/mol. The topological polar surface area (TPSA) is 75.6 Å². The van der Waals surface area contributed by atoms with Crippen molar-refractivity contribution in [3.05, 3.63) is 75.4 Å². The largest absolute Gasteiger partial charge is 0.477 e. The van der Waals surface area contributed by atoms with E-state index >= 15 is 0 Å². The number of aliphatic carboxylic acids is 1. The second kappa shape index (κ2) is 8.38. The number of halogens is 2. The fraction of sp³-hybridized carbons (Fsp3) is 0.0588. The zero-order chi connectivity index (χ0) is 17.5. The van der Waals surface area contributed by atoms with E-state index in [0.717, 1.165) is 5.56 Å². The molecule has 2 aromatic carbocycles. The lowest BCUT2D eigenvalue weighted by atomic mass is 10.2. The van der Waals surface area contributed by atoms with Crippen LogP contribution >= 0.6 is 23.2 Å². The van der Waals surface area contributed by atoms with Gasteiger partial charge in [0.15, 0.2) is 0 Å². The fourth-order valence-corrected chi connectivity index (χ4v) is 2.10. The van der Waals surface area contributed by atoms with E-state index in [1.807, 2.05) is 18.2 Å². The normalized spacial score (nSPS) is 11.0. The van der Waals surface area contributed by atoms with Crippen molar-refractivity contribution in [2.24, 2.45) is 0 Å². The Hall–Kier alpha value is -2.50. The summed E-state index contributed by atoms with van der Waals surface area (Å²) in [5.74, 6) is -1.31. The third kappa shape index (κ3) is 5.30. The summed E-state index contributed by atoms with van der Waals surface area (Å²) in [5.41, 5.74) is 0.926. The van der Waals surface area contributed by atoms with Crippen LogP contribution in [0.1, 0.15) is 11.1 Å². The number of carboxylic acids is 1. The van der Waals surface area contributed by atoms with E-state index in [1.165, 1.54) is 18.2 Å². The summed E-state index contributed by atoms with van der Waals surface area (Å²) in [7, 11) is 0. The molecule has 124 valence electrons. The first kappa shape index (κ1) is 17.8. The molecule has 0 fully saturated rings. The van der Waals surface area contributed by atoms with Crippen LogP contribution in [0.25, 0.3) is 6.08 Å². The number of ether oxygens (including phenoxy) is 1. The van der Waals surface area contributed by atoms with Crippen LogP contribution in [-0.2, 0) is 16.1 Å². The van der Waals surface area contributed by atoms with Crippen molar-refractivity contribution in [3.8, 4) is 0 Å². The minimum Gasteiger partial charge on any atom is -0.477 e. The summed E-state index contributed by atoms with van der Waals surface area (Å²) in [6.45, 7) is 0.0341. The van der Waals surface area contributed by atoms with Crippen molar-refractivity contribution in [1.82, 2.24) is 5.32 Å². The van der Waals surface area contributed by atoms with Gasteiger partial charge in [-0.05, 0) is 29.3 Å². The second-order valence-corrected chi connectivity index (χ2v) is 5.54. The van der Waals surface area contributed by atoms with Crippen molar-refractivity contribution in [1.29, 1.82) is 0 Å². The molecule has 0 spiro atoms.